The summed E-state index contributed by atoms with van der Waals surface area (Å²) in [6.07, 6.45) is 2.96. The van der Waals surface area contributed by atoms with Crippen molar-refractivity contribution in [1.82, 2.24) is 0 Å². The van der Waals surface area contributed by atoms with Gasteiger partial charge in [-0.2, -0.15) is 0 Å². The van der Waals surface area contributed by atoms with Crippen LogP contribution in [0.4, 0.5) is 0 Å². The Bertz CT molecular complexity index is 464. The quantitative estimate of drug-likeness (QED) is 0.784. The van der Waals surface area contributed by atoms with Crippen LogP contribution in [0.2, 0.25) is 0 Å². The van der Waals surface area contributed by atoms with E-state index in [1.807, 2.05) is 0 Å². The Balaban J connectivity index is 3.42. The second-order valence-electron chi connectivity index (χ2n) is 6.18. The number of hydrogen-bond donors (Lipinski definition) is 1. The highest BCUT2D eigenvalue weighted by atomic mass is 16.5. The molecule has 0 saturated heterocycles. The van der Waals surface area contributed by atoms with E-state index in [9.17, 15) is 0 Å². The largest absolute Gasteiger partial charge is 0.492 e. The van der Waals surface area contributed by atoms with E-state index in [0.717, 1.165) is 41.9 Å². The summed E-state index contributed by atoms with van der Waals surface area (Å²) < 4.78 is 16.7. The molecular weight excluding hydrogens is 266 g/mol. The van der Waals surface area contributed by atoms with Crippen molar-refractivity contribution < 1.29 is 14.2 Å². The molecule has 1 aromatic rings. The SMILES string of the molecule is COc1c(CCCCN)cc(C(C)(C)C)c(OC)c1OC. The summed E-state index contributed by atoms with van der Waals surface area (Å²) in [6.45, 7) is 7.21. The summed E-state index contributed by atoms with van der Waals surface area (Å²) in [5.74, 6) is 2.19. The summed E-state index contributed by atoms with van der Waals surface area (Å²) in [4.78, 5) is 0. The molecule has 21 heavy (non-hydrogen) atoms. The Morgan fingerprint density at radius 1 is 0.905 bits per heavy atom. The first kappa shape index (κ1) is 17.6. The lowest BCUT2D eigenvalue weighted by Gasteiger charge is -2.26. The average Bonchev–Trinajstić information content (AvgIpc) is 2.44. The lowest BCUT2D eigenvalue weighted by Crippen LogP contribution is -2.15. The van der Waals surface area contributed by atoms with Crippen molar-refractivity contribution in [3.05, 3.63) is 17.2 Å². The third kappa shape index (κ3) is 4.03. The van der Waals surface area contributed by atoms with Gasteiger partial charge in [0.2, 0.25) is 5.75 Å². The third-order valence-electron chi connectivity index (χ3n) is 3.59. The maximum Gasteiger partial charge on any atom is 0.203 e. The first-order valence-electron chi connectivity index (χ1n) is 7.43. The molecule has 1 rings (SSSR count). The van der Waals surface area contributed by atoms with Crippen molar-refractivity contribution in [3.63, 3.8) is 0 Å². The maximum absolute atomic E-state index is 5.59. The number of hydrogen-bond acceptors (Lipinski definition) is 4. The first-order chi connectivity index (χ1) is 9.90. The van der Waals surface area contributed by atoms with Crippen LogP contribution in [0, 0.1) is 0 Å². The average molecular weight is 295 g/mol. The molecule has 120 valence electrons. The zero-order valence-corrected chi connectivity index (χ0v) is 14.2. The summed E-state index contributed by atoms with van der Waals surface area (Å²) in [6, 6.07) is 2.18. The summed E-state index contributed by atoms with van der Waals surface area (Å²) in [7, 11) is 4.98. The molecule has 0 heterocycles. The Morgan fingerprint density at radius 3 is 1.90 bits per heavy atom. The molecule has 0 aliphatic heterocycles. The topological polar surface area (TPSA) is 53.7 Å². The fraction of sp³-hybridized carbons (Fsp3) is 0.647. The minimum absolute atomic E-state index is 0.0342. The van der Waals surface area contributed by atoms with E-state index in [2.05, 4.69) is 26.8 Å². The number of nitrogens with two attached hydrogens (primary N) is 1. The molecule has 0 saturated carbocycles. The highest BCUT2D eigenvalue weighted by Crippen LogP contribution is 2.46. The Labute approximate surface area is 128 Å². The molecule has 0 fully saturated rings. The zero-order valence-electron chi connectivity index (χ0n) is 14.2. The summed E-state index contributed by atoms with van der Waals surface area (Å²) >= 11 is 0. The minimum Gasteiger partial charge on any atom is -0.492 e. The van der Waals surface area contributed by atoms with Gasteiger partial charge in [0.25, 0.3) is 0 Å². The number of methoxy groups -OCH3 is 3. The molecule has 0 amide bonds. The van der Waals surface area contributed by atoms with Gasteiger partial charge < -0.3 is 19.9 Å². The summed E-state index contributed by atoms with van der Waals surface area (Å²) in [5.41, 5.74) is 7.83. The fourth-order valence-corrected chi connectivity index (χ4v) is 2.49. The molecule has 0 aliphatic carbocycles. The Morgan fingerprint density at radius 2 is 1.48 bits per heavy atom. The van der Waals surface area contributed by atoms with Crippen LogP contribution in [-0.4, -0.2) is 27.9 Å². The molecule has 0 unspecified atom stereocenters. The fourth-order valence-electron chi connectivity index (χ4n) is 2.49. The molecule has 2 N–H and O–H groups in total. The van der Waals surface area contributed by atoms with Crippen LogP contribution >= 0.6 is 0 Å². The van der Waals surface area contributed by atoms with Gasteiger partial charge in [-0.25, -0.2) is 0 Å². The van der Waals surface area contributed by atoms with E-state index >= 15 is 0 Å². The molecule has 0 aliphatic rings. The van der Waals surface area contributed by atoms with Crippen molar-refractivity contribution >= 4 is 0 Å². The van der Waals surface area contributed by atoms with Gasteiger partial charge >= 0.3 is 0 Å². The van der Waals surface area contributed by atoms with E-state index < -0.39 is 0 Å². The zero-order chi connectivity index (χ0) is 16.0. The standard InChI is InChI=1S/C17H29NO3/c1-17(2,3)13-11-12(9-7-8-10-18)14(19-4)16(21-6)15(13)20-5/h11H,7-10,18H2,1-6H3. The minimum atomic E-state index is -0.0342. The van der Waals surface area contributed by atoms with Gasteiger partial charge in [0.05, 0.1) is 21.3 Å². The van der Waals surface area contributed by atoms with Crippen LogP contribution < -0.4 is 19.9 Å². The molecule has 0 bridgehead atoms. The van der Waals surface area contributed by atoms with Crippen molar-refractivity contribution in [2.24, 2.45) is 5.73 Å². The molecule has 0 aromatic heterocycles. The number of benzene rings is 1. The van der Waals surface area contributed by atoms with Gasteiger partial charge in [-0.1, -0.05) is 20.8 Å². The predicted molar refractivity (Wildman–Crippen MR) is 86.8 cm³/mol. The van der Waals surface area contributed by atoms with Crippen LogP contribution in [0.3, 0.4) is 0 Å². The van der Waals surface area contributed by atoms with Crippen molar-refractivity contribution in [2.75, 3.05) is 27.9 Å². The van der Waals surface area contributed by atoms with Gasteiger partial charge in [-0.3, -0.25) is 0 Å². The van der Waals surface area contributed by atoms with Crippen molar-refractivity contribution in [2.45, 2.75) is 45.4 Å². The lowest BCUT2D eigenvalue weighted by molar-refractivity contribution is 0.315. The van der Waals surface area contributed by atoms with E-state index in [4.69, 9.17) is 19.9 Å². The van der Waals surface area contributed by atoms with Gasteiger partial charge in [0, 0.05) is 5.56 Å². The van der Waals surface area contributed by atoms with Gasteiger partial charge in [0.1, 0.15) is 0 Å². The molecule has 4 heteroatoms. The lowest BCUT2D eigenvalue weighted by atomic mass is 9.84. The molecule has 1 aromatic carbocycles. The molecule has 4 nitrogen and oxygen atoms in total. The van der Waals surface area contributed by atoms with E-state index in [0.29, 0.717) is 12.3 Å². The smallest absolute Gasteiger partial charge is 0.203 e. The molecule has 0 radical (unpaired) electrons. The van der Waals surface area contributed by atoms with Gasteiger partial charge in [0.15, 0.2) is 11.5 Å². The molecular formula is C17H29NO3. The Kier molecular flexibility index (Phi) is 6.34. The first-order valence-corrected chi connectivity index (χ1v) is 7.43. The van der Waals surface area contributed by atoms with Crippen LogP contribution in [0.25, 0.3) is 0 Å². The van der Waals surface area contributed by atoms with Crippen molar-refractivity contribution in [3.8, 4) is 17.2 Å². The Hall–Kier alpha value is -1.42. The predicted octanol–water partition coefficient (Wildman–Crippen LogP) is 3.29. The molecule has 0 spiro atoms. The van der Waals surface area contributed by atoms with Gasteiger partial charge in [-0.15, -0.1) is 0 Å². The van der Waals surface area contributed by atoms with E-state index in [-0.39, 0.29) is 5.41 Å². The number of rotatable bonds is 7. The summed E-state index contributed by atoms with van der Waals surface area (Å²) in [5, 5.41) is 0. The van der Waals surface area contributed by atoms with Crippen LogP contribution in [0.15, 0.2) is 6.07 Å². The van der Waals surface area contributed by atoms with Gasteiger partial charge in [-0.05, 0) is 42.9 Å². The van der Waals surface area contributed by atoms with Crippen molar-refractivity contribution in [1.29, 1.82) is 0 Å². The van der Waals surface area contributed by atoms with Crippen LogP contribution in [0.1, 0.15) is 44.7 Å². The van der Waals surface area contributed by atoms with E-state index in [1.54, 1.807) is 21.3 Å². The van der Waals surface area contributed by atoms with Crippen LogP contribution in [-0.2, 0) is 11.8 Å². The van der Waals surface area contributed by atoms with Crippen LogP contribution in [0.5, 0.6) is 17.2 Å². The highest BCUT2D eigenvalue weighted by molar-refractivity contribution is 5.61. The number of ether oxygens (including phenoxy) is 3. The molecule has 0 atom stereocenters. The second-order valence-corrected chi connectivity index (χ2v) is 6.18. The number of aryl methyl sites for hydroxylation is 1. The van der Waals surface area contributed by atoms with E-state index in [1.165, 1.54) is 0 Å². The highest BCUT2D eigenvalue weighted by Gasteiger charge is 2.27. The maximum atomic E-state index is 5.59. The third-order valence-corrected chi connectivity index (χ3v) is 3.59. The normalized spacial score (nSPS) is 11.4. The second kappa shape index (κ2) is 7.55. The monoisotopic (exact) mass is 295 g/mol. The number of unbranched alkanes of at least 4 members (excludes halogenated alkanes) is 1.